The van der Waals surface area contributed by atoms with Crippen molar-refractivity contribution in [3.8, 4) is 10.9 Å². The van der Waals surface area contributed by atoms with E-state index in [-0.39, 0.29) is 6.47 Å². The summed E-state index contributed by atoms with van der Waals surface area (Å²) in [6.45, 7) is 4.67. The van der Waals surface area contributed by atoms with Crippen molar-refractivity contribution in [1.29, 1.82) is 0 Å². The Hall–Kier alpha value is -4.02. The van der Waals surface area contributed by atoms with Crippen molar-refractivity contribution >= 4 is 44.8 Å². The van der Waals surface area contributed by atoms with Gasteiger partial charge in [0.05, 0.1) is 11.0 Å². The van der Waals surface area contributed by atoms with Crippen molar-refractivity contribution in [3.05, 3.63) is 72.9 Å². The van der Waals surface area contributed by atoms with E-state index in [9.17, 15) is 0 Å². The van der Waals surface area contributed by atoms with Crippen molar-refractivity contribution in [2.75, 3.05) is 31.1 Å². The lowest BCUT2D eigenvalue weighted by Gasteiger charge is -2.35. The molecule has 35 heavy (non-hydrogen) atoms. The Balaban J connectivity index is 0.000000806. The summed E-state index contributed by atoms with van der Waals surface area (Å²) in [5.74, 6) is 0.712. The molecule has 5 aromatic rings. The number of benzene rings is 1. The molecular formula is C25H23N5O4S. The van der Waals surface area contributed by atoms with Crippen LogP contribution in [0.5, 0.6) is 10.9 Å². The summed E-state index contributed by atoms with van der Waals surface area (Å²) in [7, 11) is 0. The number of anilines is 1. The summed E-state index contributed by atoms with van der Waals surface area (Å²) in [4.78, 5) is 26.1. The first kappa shape index (κ1) is 22.8. The summed E-state index contributed by atoms with van der Waals surface area (Å²) in [6.07, 6.45) is 7.31. The molecule has 9 nitrogen and oxygen atoms in total. The Morgan fingerprint density at radius 2 is 1.89 bits per heavy atom. The molecule has 10 heteroatoms. The van der Waals surface area contributed by atoms with E-state index in [2.05, 4.69) is 43.0 Å². The Bertz CT molecular complexity index is 1380. The van der Waals surface area contributed by atoms with Crippen LogP contribution in [0.2, 0.25) is 0 Å². The molecule has 5 heterocycles. The predicted octanol–water partition coefficient (Wildman–Crippen LogP) is 4.65. The zero-order chi connectivity index (χ0) is 24.0. The van der Waals surface area contributed by atoms with Crippen molar-refractivity contribution in [2.24, 2.45) is 0 Å². The number of rotatable bonds is 5. The number of nitrogens with zero attached hydrogens (tertiary/aromatic N) is 5. The van der Waals surface area contributed by atoms with Crippen molar-refractivity contribution in [3.63, 3.8) is 0 Å². The molecule has 1 aliphatic rings. The minimum absolute atomic E-state index is 0.250. The summed E-state index contributed by atoms with van der Waals surface area (Å²) >= 11 is 1.48. The van der Waals surface area contributed by atoms with Crippen molar-refractivity contribution in [1.82, 2.24) is 19.9 Å². The number of aromatic nitrogens is 3. The van der Waals surface area contributed by atoms with E-state index in [1.807, 2.05) is 42.9 Å². The van der Waals surface area contributed by atoms with E-state index in [0.717, 1.165) is 48.4 Å². The van der Waals surface area contributed by atoms with Gasteiger partial charge in [-0.2, -0.15) is 4.98 Å². The van der Waals surface area contributed by atoms with E-state index < -0.39 is 0 Å². The first-order chi connectivity index (χ1) is 17.2. The molecule has 0 spiro atoms. The molecular weight excluding hydrogens is 466 g/mol. The second-order valence-electron chi connectivity index (χ2n) is 7.90. The summed E-state index contributed by atoms with van der Waals surface area (Å²) in [5, 5.41) is 8.59. The van der Waals surface area contributed by atoms with Gasteiger partial charge in [-0.25, -0.2) is 4.98 Å². The minimum atomic E-state index is -0.250. The fourth-order valence-corrected chi connectivity index (χ4v) is 4.90. The molecule has 0 amide bonds. The van der Waals surface area contributed by atoms with Gasteiger partial charge in [-0.15, -0.1) is 0 Å². The second kappa shape index (κ2) is 10.5. The molecule has 0 atom stereocenters. The molecule has 6 rings (SSSR count). The number of hydrogen-bond donors (Lipinski definition) is 1. The fourth-order valence-electron chi connectivity index (χ4n) is 4.10. The van der Waals surface area contributed by atoms with E-state index >= 15 is 0 Å². The Morgan fingerprint density at radius 1 is 1.09 bits per heavy atom. The van der Waals surface area contributed by atoms with E-state index in [1.54, 1.807) is 6.20 Å². The zero-order valence-corrected chi connectivity index (χ0v) is 19.6. The van der Waals surface area contributed by atoms with E-state index in [1.165, 1.54) is 22.6 Å². The fraction of sp³-hybridized carbons (Fsp3) is 0.200. The normalized spacial score (nSPS) is 14.0. The average Bonchev–Trinajstić information content (AvgIpc) is 3.49. The summed E-state index contributed by atoms with van der Waals surface area (Å²) in [6, 6.07) is 14.0. The van der Waals surface area contributed by atoms with Crippen LogP contribution in [-0.2, 0) is 11.3 Å². The van der Waals surface area contributed by atoms with Gasteiger partial charge >= 0.3 is 0 Å². The van der Waals surface area contributed by atoms with Crippen molar-refractivity contribution in [2.45, 2.75) is 6.54 Å². The molecule has 1 saturated heterocycles. The first-order valence-electron chi connectivity index (χ1n) is 11.1. The number of pyridine rings is 2. The number of fused-ring (bicyclic) bond motifs is 2. The molecule has 0 unspecified atom stereocenters. The average molecular weight is 490 g/mol. The van der Waals surface area contributed by atoms with Crippen LogP contribution in [-0.4, -0.2) is 57.6 Å². The number of ether oxygens (including phenoxy) is 1. The Labute approximate surface area is 205 Å². The molecule has 0 bridgehead atoms. The Kier molecular flexibility index (Phi) is 6.82. The maximum Gasteiger partial charge on any atom is 0.290 e. The molecule has 1 fully saturated rings. The van der Waals surface area contributed by atoms with E-state index in [0.29, 0.717) is 16.6 Å². The number of carbonyl (C=O) groups is 1. The molecule has 0 aliphatic carbocycles. The number of hydrogen-bond acceptors (Lipinski definition) is 9. The number of furan rings is 1. The number of piperazine rings is 1. The molecule has 1 aromatic carbocycles. The monoisotopic (exact) mass is 489 g/mol. The third-order valence-electron chi connectivity index (χ3n) is 5.77. The quantitative estimate of drug-likeness (QED) is 0.353. The van der Waals surface area contributed by atoms with Gasteiger partial charge in [0.2, 0.25) is 0 Å². The lowest BCUT2D eigenvalue weighted by Crippen LogP contribution is -2.45. The van der Waals surface area contributed by atoms with Gasteiger partial charge in [0, 0.05) is 74.0 Å². The molecule has 0 radical (unpaired) electrons. The van der Waals surface area contributed by atoms with Gasteiger partial charge in [0.1, 0.15) is 11.3 Å². The lowest BCUT2D eigenvalue weighted by atomic mass is 10.1. The van der Waals surface area contributed by atoms with Gasteiger partial charge in [0.15, 0.2) is 5.65 Å². The molecule has 178 valence electrons. The number of thiazole rings is 1. The highest BCUT2D eigenvalue weighted by atomic mass is 32.1. The topological polar surface area (TPSA) is 105 Å². The van der Waals surface area contributed by atoms with Gasteiger partial charge < -0.3 is 19.2 Å². The van der Waals surface area contributed by atoms with Crippen molar-refractivity contribution < 1.29 is 19.1 Å². The minimum Gasteiger partial charge on any atom is -0.483 e. The van der Waals surface area contributed by atoms with Crippen LogP contribution in [0.15, 0.2) is 71.7 Å². The van der Waals surface area contributed by atoms with Gasteiger partial charge in [-0.05, 0) is 36.4 Å². The van der Waals surface area contributed by atoms with Gasteiger partial charge in [-0.3, -0.25) is 14.7 Å². The highest BCUT2D eigenvalue weighted by Gasteiger charge is 2.19. The van der Waals surface area contributed by atoms with Crippen LogP contribution < -0.4 is 9.64 Å². The van der Waals surface area contributed by atoms with E-state index in [4.69, 9.17) is 19.1 Å². The third kappa shape index (κ3) is 5.23. The first-order valence-corrected chi connectivity index (χ1v) is 11.9. The third-order valence-corrected chi connectivity index (χ3v) is 6.66. The summed E-state index contributed by atoms with van der Waals surface area (Å²) in [5.41, 5.74) is 3.97. The Morgan fingerprint density at radius 3 is 2.66 bits per heavy atom. The van der Waals surface area contributed by atoms with Crippen LogP contribution in [0.1, 0.15) is 5.56 Å². The lowest BCUT2D eigenvalue weighted by molar-refractivity contribution is -0.122. The standard InChI is InChI=1S/C24H21N5O2S.CH2O2/c1-2-22-23(26-7-1)27-24(32-22)31-19-3-4-20-17(16-30-21(20)14-19)15-28-10-12-29(13-11-28)18-5-8-25-9-6-18;2-1-3/h1-9,14,16H,10-13,15H2;1H,(H,2,3). The molecule has 1 aliphatic heterocycles. The maximum absolute atomic E-state index is 8.36. The largest absolute Gasteiger partial charge is 0.483 e. The number of carboxylic acid groups (broad SMARTS) is 1. The van der Waals surface area contributed by atoms with Gasteiger partial charge in [-0.1, -0.05) is 11.3 Å². The zero-order valence-electron chi connectivity index (χ0n) is 18.8. The maximum atomic E-state index is 8.36. The highest BCUT2D eigenvalue weighted by molar-refractivity contribution is 7.20. The summed E-state index contributed by atoms with van der Waals surface area (Å²) < 4.78 is 12.8. The van der Waals surface area contributed by atoms with Crippen LogP contribution in [0.4, 0.5) is 5.69 Å². The van der Waals surface area contributed by atoms with Crippen LogP contribution >= 0.6 is 11.3 Å². The molecule has 0 saturated carbocycles. The van der Waals surface area contributed by atoms with Crippen LogP contribution in [0.3, 0.4) is 0 Å². The highest BCUT2D eigenvalue weighted by Crippen LogP contribution is 2.33. The van der Waals surface area contributed by atoms with Crippen LogP contribution in [0.25, 0.3) is 21.3 Å². The SMILES string of the molecule is O=CO.c1cnc2nc(Oc3ccc4c(CN5CCN(c6ccncc6)CC5)coc4c3)sc2c1. The van der Waals surface area contributed by atoms with Crippen LogP contribution in [0, 0.1) is 0 Å². The predicted molar refractivity (Wildman–Crippen MR) is 134 cm³/mol. The molecule has 1 N–H and O–H groups in total. The molecule has 4 aromatic heterocycles. The van der Waals surface area contributed by atoms with Gasteiger partial charge in [0.25, 0.3) is 11.7 Å². The smallest absolute Gasteiger partial charge is 0.290 e. The second-order valence-corrected chi connectivity index (χ2v) is 8.89.